The van der Waals surface area contributed by atoms with Crippen molar-refractivity contribution >= 4 is 22.8 Å². The average Bonchev–Trinajstić information content (AvgIpc) is 3.13. The summed E-state index contributed by atoms with van der Waals surface area (Å²) in [5, 5.41) is 6.11. The number of benzene rings is 1. The molecule has 2 aromatic heterocycles. The molecule has 0 saturated carbocycles. The van der Waals surface area contributed by atoms with E-state index in [4.69, 9.17) is 5.10 Å². The molecule has 0 radical (unpaired) electrons. The minimum atomic E-state index is -0.319. The number of piperidine rings is 1. The number of hydrogen-bond donors (Lipinski definition) is 0. The maximum absolute atomic E-state index is 13.0. The van der Waals surface area contributed by atoms with E-state index in [1.807, 2.05) is 10.9 Å². The van der Waals surface area contributed by atoms with E-state index in [1.54, 1.807) is 11.6 Å². The maximum atomic E-state index is 13.0. The van der Waals surface area contributed by atoms with Crippen LogP contribution >= 0.6 is 11.8 Å². The molecule has 1 unspecified atom stereocenters. The molecule has 7 nitrogen and oxygen atoms in total. The molecule has 1 atom stereocenters. The van der Waals surface area contributed by atoms with Gasteiger partial charge in [-0.05, 0) is 49.2 Å². The van der Waals surface area contributed by atoms with Crippen LogP contribution in [0.3, 0.4) is 0 Å². The monoisotopic (exact) mass is 469 g/mol. The number of thioether (sulfide) groups is 1. The summed E-state index contributed by atoms with van der Waals surface area (Å²) in [6.45, 7) is 8.43. The van der Waals surface area contributed by atoms with Crippen molar-refractivity contribution in [2.45, 2.75) is 64.2 Å². The number of likely N-dealkylation sites (tertiary alicyclic amines) is 1. The highest BCUT2D eigenvalue weighted by atomic mass is 32.2. The van der Waals surface area contributed by atoms with Crippen LogP contribution in [0.1, 0.15) is 57.2 Å². The average molecular weight is 470 g/mol. The number of fused-ring (bicyclic) bond motifs is 1. The summed E-state index contributed by atoms with van der Waals surface area (Å²) in [5.74, 6) is 0. The molecular weight excluding hydrogens is 434 g/mol. The highest BCUT2D eigenvalue weighted by molar-refractivity contribution is 7.98. The van der Waals surface area contributed by atoms with E-state index in [0.717, 1.165) is 17.1 Å². The molecule has 0 aliphatic carbocycles. The Morgan fingerprint density at radius 3 is 2.39 bits per heavy atom. The summed E-state index contributed by atoms with van der Waals surface area (Å²) in [7, 11) is 3.75. The molecule has 3 heterocycles. The minimum Gasteiger partial charge on any atom is -0.299 e. The van der Waals surface area contributed by atoms with Crippen LogP contribution in [-0.2, 0) is 20.1 Å². The van der Waals surface area contributed by atoms with Crippen molar-refractivity contribution in [3.05, 3.63) is 56.2 Å². The molecule has 8 heteroatoms. The lowest BCUT2D eigenvalue weighted by Crippen LogP contribution is -2.40. The van der Waals surface area contributed by atoms with Crippen molar-refractivity contribution < 1.29 is 0 Å². The molecule has 0 N–H and O–H groups in total. The molecule has 1 fully saturated rings. The smallest absolute Gasteiger partial charge is 0.299 e. The molecule has 3 aromatic rings. The number of nitrogens with zero attached hydrogens (tertiary/aromatic N) is 5. The zero-order valence-corrected chi connectivity index (χ0v) is 21.4. The molecule has 0 bridgehead atoms. The van der Waals surface area contributed by atoms with E-state index in [1.165, 1.54) is 41.2 Å². The predicted octanol–water partition coefficient (Wildman–Crippen LogP) is 3.87. The molecule has 0 spiro atoms. The standard InChI is InChI=1S/C25H35N5O2S/c1-25(2,3)16-29-21-20(22(31)28(5)24(29)32)23(33-6)30(26-21)15-17-10-12-18(13-11-17)19-9-7-8-14-27(19)4/h10-13,19H,7-9,14-16H2,1-6H3. The highest BCUT2D eigenvalue weighted by Gasteiger charge is 2.24. The van der Waals surface area contributed by atoms with Gasteiger partial charge in [0.25, 0.3) is 5.56 Å². The van der Waals surface area contributed by atoms with Crippen molar-refractivity contribution in [2.75, 3.05) is 19.8 Å². The van der Waals surface area contributed by atoms with E-state index < -0.39 is 0 Å². The summed E-state index contributed by atoms with van der Waals surface area (Å²) in [6, 6.07) is 9.25. The summed E-state index contributed by atoms with van der Waals surface area (Å²) in [4.78, 5) is 28.4. The SMILES string of the molecule is CSc1c2c(=O)n(C)c(=O)n(CC(C)(C)C)c2nn1Cc1ccc(C2CCCCN2C)cc1. The van der Waals surface area contributed by atoms with Gasteiger partial charge in [-0.3, -0.25) is 23.5 Å². The first kappa shape index (κ1) is 23.8. The van der Waals surface area contributed by atoms with Crippen LogP contribution in [-0.4, -0.2) is 43.7 Å². The van der Waals surface area contributed by atoms with Gasteiger partial charge in [0.05, 0.1) is 6.54 Å². The van der Waals surface area contributed by atoms with Gasteiger partial charge in [-0.1, -0.05) is 51.5 Å². The third-order valence-electron chi connectivity index (χ3n) is 6.47. The zero-order valence-electron chi connectivity index (χ0n) is 20.6. The summed E-state index contributed by atoms with van der Waals surface area (Å²) < 4.78 is 4.72. The topological polar surface area (TPSA) is 65.1 Å². The van der Waals surface area contributed by atoms with Crippen LogP contribution in [0.15, 0.2) is 38.9 Å². The van der Waals surface area contributed by atoms with Gasteiger partial charge in [0.15, 0.2) is 5.65 Å². The Morgan fingerprint density at radius 2 is 1.79 bits per heavy atom. The first-order valence-electron chi connectivity index (χ1n) is 11.6. The highest BCUT2D eigenvalue weighted by Crippen LogP contribution is 2.30. The van der Waals surface area contributed by atoms with Crippen LogP contribution < -0.4 is 11.2 Å². The Kier molecular flexibility index (Phi) is 6.60. The van der Waals surface area contributed by atoms with Gasteiger partial charge in [0.2, 0.25) is 0 Å². The number of aromatic nitrogens is 4. The van der Waals surface area contributed by atoms with Crippen LogP contribution in [0.2, 0.25) is 0 Å². The van der Waals surface area contributed by atoms with Gasteiger partial charge in [-0.15, -0.1) is 11.8 Å². The van der Waals surface area contributed by atoms with E-state index in [9.17, 15) is 9.59 Å². The Balaban J connectivity index is 1.74. The third kappa shape index (κ3) is 4.68. The molecule has 0 amide bonds. The van der Waals surface area contributed by atoms with Gasteiger partial charge in [0, 0.05) is 19.6 Å². The Bertz CT molecular complexity index is 1260. The largest absolute Gasteiger partial charge is 0.332 e. The summed E-state index contributed by atoms with van der Waals surface area (Å²) >= 11 is 1.50. The van der Waals surface area contributed by atoms with Crippen LogP contribution in [0.25, 0.3) is 11.0 Å². The molecule has 1 aromatic carbocycles. The lowest BCUT2D eigenvalue weighted by atomic mass is 9.95. The van der Waals surface area contributed by atoms with Gasteiger partial charge < -0.3 is 0 Å². The van der Waals surface area contributed by atoms with Gasteiger partial charge in [-0.25, -0.2) is 4.79 Å². The van der Waals surface area contributed by atoms with E-state index >= 15 is 0 Å². The lowest BCUT2D eigenvalue weighted by molar-refractivity contribution is 0.187. The van der Waals surface area contributed by atoms with Gasteiger partial charge >= 0.3 is 5.69 Å². The van der Waals surface area contributed by atoms with Crippen molar-refractivity contribution in [3.8, 4) is 0 Å². The third-order valence-corrected chi connectivity index (χ3v) is 7.27. The first-order valence-corrected chi connectivity index (χ1v) is 12.9. The Labute approximate surface area is 199 Å². The Morgan fingerprint density at radius 1 is 1.09 bits per heavy atom. The minimum absolute atomic E-state index is 0.125. The normalized spacial score (nSPS) is 17.7. The van der Waals surface area contributed by atoms with E-state index in [2.05, 4.69) is 57.0 Å². The fourth-order valence-electron chi connectivity index (χ4n) is 4.78. The molecule has 1 saturated heterocycles. The Hall–Kier alpha value is -2.32. The fraction of sp³-hybridized carbons (Fsp3) is 0.560. The molecule has 1 aliphatic heterocycles. The van der Waals surface area contributed by atoms with Crippen molar-refractivity contribution in [1.82, 2.24) is 23.8 Å². The second-order valence-corrected chi connectivity index (χ2v) is 11.2. The maximum Gasteiger partial charge on any atom is 0.332 e. The summed E-state index contributed by atoms with van der Waals surface area (Å²) in [5.41, 5.74) is 2.22. The van der Waals surface area contributed by atoms with E-state index in [0.29, 0.717) is 30.2 Å². The van der Waals surface area contributed by atoms with Crippen molar-refractivity contribution in [3.63, 3.8) is 0 Å². The molecule has 1 aliphatic rings. The van der Waals surface area contributed by atoms with Crippen molar-refractivity contribution in [2.24, 2.45) is 12.5 Å². The lowest BCUT2D eigenvalue weighted by Gasteiger charge is -2.32. The van der Waals surface area contributed by atoms with Gasteiger partial charge in [0.1, 0.15) is 10.4 Å². The van der Waals surface area contributed by atoms with Crippen LogP contribution in [0.4, 0.5) is 0 Å². The van der Waals surface area contributed by atoms with Crippen LogP contribution in [0, 0.1) is 5.41 Å². The zero-order chi connectivity index (χ0) is 23.9. The summed E-state index contributed by atoms with van der Waals surface area (Å²) in [6.07, 6.45) is 5.70. The van der Waals surface area contributed by atoms with E-state index in [-0.39, 0.29) is 16.7 Å². The predicted molar refractivity (Wildman–Crippen MR) is 135 cm³/mol. The molecule has 33 heavy (non-hydrogen) atoms. The second kappa shape index (κ2) is 9.14. The number of rotatable bonds is 5. The molecule has 4 rings (SSSR count). The first-order chi connectivity index (χ1) is 15.6. The number of hydrogen-bond acceptors (Lipinski definition) is 5. The van der Waals surface area contributed by atoms with Crippen molar-refractivity contribution in [1.29, 1.82) is 0 Å². The molecular formula is C25H35N5O2S. The molecule has 178 valence electrons. The second-order valence-electron chi connectivity index (χ2n) is 10.4. The van der Waals surface area contributed by atoms with Crippen LogP contribution in [0.5, 0.6) is 0 Å². The van der Waals surface area contributed by atoms with Gasteiger partial charge in [-0.2, -0.15) is 5.10 Å². The quantitative estimate of drug-likeness (QED) is 0.531. The fourth-order valence-corrected chi connectivity index (χ4v) is 5.48.